The molecule has 0 aliphatic heterocycles. The third-order valence-electron chi connectivity index (χ3n) is 2.02. The zero-order chi connectivity index (χ0) is 11.7. The molecule has 0 bridgehead atoms. The third-order valence-corrected chi connectivity index (χ3v) is 2.46. The number of pyridine rings is 1. The van der Waals surface area contributed by atoms with Gasteiger partial charge in [0.05, 0.1) is 5.39 Å². The first-order valence-electron chi connectivity index (χ1n) is 4.88. The molecule has 0 aliphatic rings. The molecule has 1 amide bonds. The van der Waals surface area contributed by atoms with E-state index in [0.29, 0.717) is 16.7 Å². The quantitative estimate of drug-likeness (QED) is 0.883. The Balaban J connectivity index is 2.44. The summed E-state index contributed by atoms with van der Waals surface area (Å²) in [6, 6.07) is 1.91. The molecule has 2 N–H and O–H groups in total. The second-order valence-electron chi connectivity index (χ2n) is 3.75. The molecule has 0 saturated heterocycles. The Hall–Kier alpha value is -1.43. The van der Waals surface area contributed by atoms with Gasteiger partial charge < -0.3 is 5.32 Å². The third kappa shape index (κ3) is 2.06. The molecule has 0 atom stereocenters. The van der Waals surface area contributed by atoms with E-state index in [4.69, 9.17) is 0 Å². The zero-order valence-corrected chi connectivity index (χ0v) is 10.5. The molecular formula is C10H11BrN4O. The maximum atomic E-state index is 11.8. The van der Waals surface area contributed by atoms with E-state index in [1.807, 2.05) is 19.9 Å². The van der Waals surface area contributed by atoms with E-state index in [1.165, 1.54) is 0 Å². The van der Waals surface area contributed by atoms with Gasteiger partial charge in [-0.05, 0) is 35.8 Å². The van der Waals surface area contributed by atoms with Crippen LogP contribution >= 0.6 is 15.9 Å². The fourth-order valence-electron chi connectivity index (χ4n) is 1.38. The second kappa shape index (κ2) is 4.21. The van der Waals surface area contributed by atoms with Crippen molar-refractivity contribution in [2.24, 2.45) is 0 Å². The summed E-state index contributed by atoms with van der Waals surface area (Å²) in [5.74, 6) is -0.169. The molecule has 16 heavy (non-hydrogen) atoms. The maximum absolute atomic E-state index is 11.8. The molecule has 2 heterocycles. The second-order valence-corrected chi connectivity index (χ2v) is 4.67. The maximum Gasteiger partial charge on any atom is 0.270 e. The molecule has 0 fully saturated rings. The summed E-state index contributed by atoms with van der Waals surface area (Å²) in [6.45, 7) is 3.81. The summed E-state index contributed by atoms with van der Waals surface area (Å²) in [5.41, 5.74) is 0.981. The summed E-state index contributed by atoms with van der Waals surface area (Å²) < 4.78 is 0.819. The van der Waals surface area contributed by atoms with Crippen LogP contribution in [0, 0.1) is 0 Å². The van der Waals surface area contributed by atoms with Gasteiger partial charge in [-0.1, -0.05) is 0 Å². The van der Waals surface area contributed by atoms with Crippen molar-refractivity contribution in [1.82, 2.24) is 20.5 Å². The number of aromatic nitrogens is 3. The van der Waals surface area contributed by atoms with Gasteiger partial charge in [-0.15, -0.1) is 0 Å². The average Bonchev–Trinajstić information content (AvgIpc) is 2.59. The van der Waals surface area contributed by atoms with E-state index >= 15 is 0 Å². The number of H-pyrrole nitrogens is 1. The number of hydrogen-bond donors (Lipinski definition) is 2. The van der Waals surface area contributed by atoms with Crippen molar-refractivity contribution in [2.75, 3.05) is 0 Å². The Kier molecular flexibility index (Phi) is 2.91. The SMILES string of the molecule is CC(C)NC(=O)c1[nH]nc2ncc(Br)cc12. The first-order chi connectivity index (χ1) is 7.58. The van der Waals surface area contributed by atoms with Crippen molar-refractivity contribution >= 4 is 32.9 Å². The number of hydrogen-bond acceptors (Lipinski definition) is 3. The van der Waals surface area contributed by atoms with E-state index in [0.717, 1.165) is 4.47 Å². The van der Waals surface area contributed by atoms with Crippen LogP contribution in [0.15, 0.2) is 16.7 Å². The highest BCUT2D eigenvalue weighted by atomic mass is 79.9. The largest absolute Gasteiger partial charge is 0.349 e. The highest BCUT2D eigenvalue weighted by Gasteiger charge is 2.14. The summed E-state index contributed by atoms with van der Waals surface area (Å²) in [5, 5.41) is 10.2. The minimum absolute atomic E-state index is 0.0889. The van der Waals surface area contributed by atoms with Crippen molar-refractivity contribution in [3.05, 3.63) is 22.4 Å². The minimum atomic E-state index is -0.169. The summed E-state index contributed by atoms with van der Waals surface area (Å²) in [6.07, 6.45) is 1.65. The number of carbonyl (C=O) groups excluding carboxylic acids is 1. The van der Waals surface area contributed by atoms with Crippen LogP contribution in [0.2, 0.25) is 0 Å². The molecule has 2 aromatic rings. The van der Waals surface area contributed by atoms with Crippen LogP contribution in [-0.4, -0.2) is 27.1 Å². The van der Waals surface area contributed by atoms with Crippen molar-refractivity contribution < 1.29 is 4.79 Å². The van der Waals surface area contributed by atoms with Crippen LogP contribution in [0.1, 0.15) is 24.3 Å². The van der Waals surface area contributed by atoms with Crippen LogP contribution in [-0.2, 0) is 0 Å². The van der Waals surface area contributed by atoms with E-state index in [2.05, 4.69) is 36.4 Å². The van der Waals surface area contributed by atoms with Crippen LogP contribution in [0.5, 0.6) is 0 Å². The molecular weight excluding hydrogens is 272 g/mol. The predicted octanol–water partition coefficient (Wildman–Crippen LogP) is 1.86. The first kappa shape index (κ1) is 11.1. The first-order valence-corrected chi connectivity index (χ1v) is 5.67. The van der Waals surface area contributed by atoms with E-state index in [1.54, 1.807) is 6.20 Å². The van der Waals surface area contributed by atoms with Gasteiger partial charge in [0.1, 0.15) is 5.69 Å². The lowest BCUT2D eigenvalue weighted by molar-refractivity contribution is 0.0939. The Morgan fingerprint density at radius 2 is 2.31 bits per heavy atom. The predicted molar refractivity (Wildman–Crippen MR) is 64.2 cm³/mol. The molecule has 6 heteroatoms. The van der Waals surface area contributed by atoms with Crippen molar-refractivity contribution in [3.8, 4) is 0 Å². The van der Waals surface area contributed by atoms with Gasteiger partial charge in [0.15, 0.2) is 5.65 Å². The topological polar surface area (TPSA) is 70.7 Å². The number of nitrogens with zero attached hydrogens (tertiary/aromatic N) is 2. The number of rotatable bonds is 2. The van der Waals surface area contributed by atoms with Gasteiger partial charge in [-0.3, -0.25) is 9.89 Å². The van der Waals surface area contributed by atoms with Crippen LogP contribution in [0.4, 0.5) is 0 Å². The fourth-order valence-corrected chi connectivity index (χ4v) is 1.71. The average molecular weight is 283 g/mol. The molecule has 0 unspecified atom stereocenters. The van der Waals surface area contributed by atoms with Crippen LogP contribution < -0.4 is 5.32 Å². The highest BCUT2D eigenvalue weighted by Crippen LogP contribution is 2.18. The number of aromatic amines is 1. The van der Waals surface area contributed by atoms with E-state index in [9.17, 15) is 4.79 Å². The lowest BCUT2D eigenvalue weighted by Gasteiger charge is -2.06. The molecule has 0 radical (unpaired) electrons. The van der Waals surface area contributed by atoms with Gasteiger partial charge in [-0.2, -0.15) is 5.10 Å². The Morgan fingerprint density at radius 1 is 1.56 bits per heavy atom. The lowest BCUT2D eigenvalue weighted by Crippen LogP contribution is -2.30. The van der Waals surface area contributed by atoms with Crippen molar-refractivity contribution in [3.63, 3.8) is 0 Å². The Bertz CT molecular complexity index is 535. The zero-order valence-electron chi connectivity index (χ0n) is 8.91. The van der Waals surface area contributed by atoms with Gasteiger partial charge in [0.25, 0.3) is 5.91 Å². The van der Waals surface area contributed by atoms with Gasteiger partial charge >= 0.3 is 0 Å². The number of carbonyl (C=O) groups is 1. The van der Waals surface area contributed by atoms with Gasteiger partial charge in [0, 0.05) is 16.7 Å². The van der Waals surface area contributed by atoms with Crippen LogP contribution in [0.25, 0.3) is 11.0 Å². The highest BCUT2D eigenvalue weighted by molar-refractivity contribution is 9.10. The minimum Gasteiger partial charge on any atom is -0.349 e. The lowest BCUT2D eigenvalue weighted by atomic mass is 10.2. The summed E-state index contributed by atoms with van der Waals surface area (Å²) in [4.78, 5) is 15.9. The Labute approximate surface area is 101 Å². The molecule has 2 rings (SSSR count). The molecule has 0 saturated carbocycles. The molecule has 0 aliphatic carbocycles. The normalized spacial score (nSPS) is 11.0. The molecule has 5 nitrogen and oxygen atoms in total. The standard InChI is InChI=1S/C10H11BrN4O/c1-5(2)13-10(16)8-7-3-6(11)4-12-9(7)15-14-8/h3-5H,1-2H3,(H,13,16)(H,12,14,15). The molecule has 0 aromatic carbocycles. The summed E-state index contributed by atoms with van der Waals surface area (Å²) >= 11 is 3.32. The molecule has 84 valence electrons. The Morgan fingerprint density at radius 3 is 3.00 bits per heavy atom. The van der Waals surface area contributed by atoms with Crippen molar-refractivity contribution in [2.45, 2.75) is 19.9 Å². The molecule has 0 spiro atoms. The number of fused-ring (bicyclic) bond motifs is 1. The van der Waals surface area contributed by atoms with E-state index in [-0.39, 0.29) is 11.9 Å². The van der Waals surface area contributed by atoms with Crippen LogP contribution in [0.3, 0.4) is 0 Å². The van der Waals surface area contributed by atoms with Gasteiger partial charge in [-0.25, -0.2) is 4.98 Å². The van der Waals surface area contributed by atoms with E-state index < -0.39 is 0 Å². The molecule has 2 aromatic heterocycles. The smallest absolute Gasteiger partial charge is 0.270 e. The van der Waals surface area contributed by atoms with Crippen molar-refractivity contribution in [1.29, 1.82) is 0 Å². The summed E-state index contributed by atoms with van der Waals surface area (Å²) in [7, 11) is 0. The number of nitrogens with one attached hydrogen (secondary N) is 2. The number of halogens is 1. The van der Waals surface area contributed by atoms with Gasteiger partial charge in [0.2, 0.25) is 0 Å². The fraction of sp³-hybridized carbons (Fsp3) is 0.300. The monoisotopic (exact) mass is 282 g/mol. The number of amides is 1.